The monoisotopic (exact) mass is 463 g/mol. The summed E-state index contributed by atoms with van der Waals surface area (Å²) >= 11 is 0. The van der Waals surface area contributed by atoms with Crippen LogP contribution in [0.5, 0.6) is 0 Å². The van der Waals surface area contributed by atoms with E-state index in [1.54, 1.807) is 30.3 Å². The molecule has 1 aliphatic heterocycles. The van der Waals surface area contributed by atoms with Crippen LogP contribution in [0, 0.1) is 11.3 Å². The molecule has 0 spiro atoms. The van der Waals surface area contributed by atoms with Gasteiger partial charge in [-0.25, -0.2) is 0 Å². The fraction of sp³-hybridized carbons (Fsp3) is 0.500. The zero-order valence-electron chi connectivity index (χ0n) is 18.6. The average molecular weight is 463 g/mol. The van der Waals surface area contributed by atoms with Gasteiger partial charge in [0.1, 0.15) is 12.7 Å². The van der Waals surface area contributed by atoms with E-state index >= 15 is 0 Å². The van der Waals surface area contributed by atoms with Crippen LogP contribution >= 0.6 is 0 Å². The molecule has 3 unspecified atom stereocenters. The molecule has 2 rings (SSSR count). The average Bonchev–Trinajstić information content (AvgIpc) is 2.74. The van der Waals surface area contributed by atoms with Gasteiger partial charge in [-0.2, -0.15) is 5.26 Å². The smallest absolute Gasteiger partial charge is 0.303 e. The van der Waals surface area contributed by atoms with Crippen molar-refractivity contribution in [2.75, 3.05) is 6.61 Å². The first-order valence-electron chi connectivity index (χ1n) is 10.0. The van der Waals surface area contributed by atoms with Crippen molar-refractivity contribution in [1.29, 1.82) is 5.26 Å². The van der Waals surface area contributed by atoms with Crippen molar-refractivity contribution in [1.82, 2.24) is 0 Å². The molecular formula is C22H25NO10. The molecule has 1 aromatic carbocycles. The maximum atomic E-state index is 11.8. The second kappa shape index (κ2) is 11.9. The summed E-state index contributed by atoms with van der Waals surface area (Å²) in [6.45, 7) is 4.14. The van der Waals surface area contributed by atoms with E-state index in [4.69, 9.17) is 28.4 Å². The first-order chi connectivity index (χ1) is 15.6. The highest BCUT2D eigenvalue weighted by atomic mass is 16.7. The van der Waals surface area contributed by atoms with Gasteiger partial charge in [0.25, 0.3) is 0 Å². The number of nitriles is 1. The number of hydrogen-bond donors (Lipinski definition) is 0. The maximum Gasteiger partial charge on any atom is 0.303 e. The van der Waals surface area contributed by atoms with Crippen molar-refractivity contribution < 1.29 is 47.6 Å². The molecule has 1 aliphatic rings. The van der Waals surface area contributed by atoms with Crippen LogP contribution in [-0.4, -0.2) is 61.2 Å². The Morgan fingerprint density at radius 1 is 0.879 bits per heavy atom. The van der Waals surface area contributed by atoms with Gasteiger partial charge in [0.05, 0.1) is 6.07 Å². The largest absolute Gasteiger partial charge is 0.463 e. The van der Waals surface area contributed by atoms with Crippen molar-refractivity contribution in [2.24, 2.45) is 0 Å². The second-order valence-electron chi connectivity index (χ2n) is 7.12. The van der Waals surface area contributed by atoms with Crippen molar-refractivity contribution in [3.05, 3.63) is 35.9 Å². The van der Waals surface area contributed by atoms with Gasteiger partial charge in [0.15, 0.2) is 24.4 Å². The molecule has 0 bridgehead atoms. The van der Waals surface area contributed by atoms with Crippen molar-refractivity contribution >= 4 is 23.9 Å². The third kappa shape index (κ3) is 7.55. The molecular weight excluding hydrogens is 438 g/mol. The Labute approximate surface area is 190 Å². The highest BCUT2D eigenvalue weighted by molar-refractivity contribution is 5.68. The van der Waals surface area contributed by atoms with Gasteiger partial charge in [0.2, 0.25) is 6.29 Å². The van der Waals surface area contributed by atoms with Gasteiger partial charge >= 0.3 is 23.9 Å². The summed E-state index contributed by atoms with van der Waals surface area (Å²) < 4.78 is 32.6. The molecule has 11 heteroatoms. The molecule has 0 aliphatic carbocycles. The summed E-state index contributed by atoms with van der Waals surface area (Å²) in [6, 6.07) is 10.5. The Hall–Kier alpha value is -3.49. The molecule has 0 N–H and O–H groups in total. The molecule has 0 saturated carbocycles. The molecule has 1 saturated heterocycles. The molecule has 6 atom stereocenters. The number of rotatable bonds is 8. The lowest BCUT2D eigenvalue weighted by molar-refractivity contribution is -0.314. The predicted molar refractivity (Wildman–Crippen MR) is 108 cm³/mol. The van der Waals surface area contributed by atoms with Crippen LogP contribution in [0.3, 0.4) is 0 Å². The third-order valence-electron chi connectivity index (χ3n) is 4.44. The Kier molecular flexibility index (Phi) is 9.32. The van der Waals surface area contributed by atoms with Gasteiger partial charge in [0, 0.05) is 27.7 Å². The lowest BCUT2D eigenvalue weighted by atomic mass is 9.98. The first kappa shape index (κ1) is 25.8. The molecule has 11 nitrogen and oxygen atoms in total. The summed E-state index contributed by atoms with van der Waals surface area (Å²) in [5.74, 6) is -2.90. The highest BCUT2D eigenvalue weighted by Gasteiger charge is 2.53. The normalized spacial score (nSPS) is 25.1. The summed E-state index contributed by atoms with van der Waals surface area (Å²) in [6.07, 6.45) is -7.81. The SMILES string of the molecule is CC(=O)OCC1O[C@@H](O[C@H](C#N)c2ccccc2)C(OC(C)=O)C(OC(C)=O)[C@@H]1OC(C)=O. The van der Waals surface area contributed by atoms with Crippen LogP contribution in [0.25, 0.3) is 0 Å². The van der Waals surface area contributed by atoms with Crippen molar-refractivity contribution in [3.8, 4) is 6.07 Å². The number of nitrogens with zero attached hydrogens (tertiary/aromatic N) is 1. The van der Waals surface area contributed by atoms with Gasteiger partial charge in [-0.15, -0.1) is 0 Å². The van der Waals surface area contributed by atoms with Crippen LogP contribution in [0.1, 0.15) is 39.4 Å². The van der Waals surface area contributed by atoms with E-state index in [2.05, 4.69) is 0 Å². The molecule has 1 aromatic rings. The summed E-state index contributed by atoms with van der Waals surface area (Å²) in [4.78, 5) is 46.8. The zero-order valence-corrected chi connectivity index (χ0v) is 18.6. The number of carbonyl (C=O) groups excluding carboxylic acids is 4. The van der Waals surface area contributed by atoms with Crippen LogP contribution in [0.4, 0.5) is 0 Å². The number of ether oxygens (including phenoxy) is 6. The Balaban J connectivity index is 2.46. The summed E-state index contributed by atoms with van der Waals surface area (Å²) in [5.41, 5.74) is 0.493. The molecule has 0 aromatic heterocycles. The van der Waals surface area contributed by atoms with E-state index in [-0.39, 0.29) is 6.61 Å². The van der Waals surface area contributed by atoms with Crippen molar-refractivity contribution in [3.63, 3.8) is 0 Å². The predicted octanol–water partition coefficient (Wildman–Crippen LogP) is 1.35. The third-order valence-corrected chi connectivity index (χ3v) is 4.44. The fourth-order valence-corrected chi connectivity index (χ4v) is 3.24. The minimum atomic E-state index is -1.43. The zero-order chi connectivity index (χ0) is 24.5. The van der Waals surface area contributed by atoms with Crippen LogP contribution in [-0.2, 0) is 47.6 Å². The number of carbonyl (C=O) groups is 4. The topological polar surface area (TPSA) is 147 Å². The number of hydrogen-bond acceptors (Lipinski definition) is 11. The minimum absolute atomic E-state index is 0.389. The van der Waals surface area contributed by atoms with E-state index in [1.165, 1.54) is 6.92 Å². The lowest BCUT2D eigenvalue weighted by Gasteiger charge is -2.44. The molecule has 178 valence electrons. The van der Waals surface area contributed by atoms with Gasteiger partial charge in [-0.1, -0.05) is 30.3 Å². The van der Waals surface area contributed by atoms with E-state index < -0.39 is 60.7 Å². The van der Waals surface area contributed by atoms with E-state index in [1.807, 2.05) is 6.07 Å². The van der Waals surface area contributed by atoms with Gasteiger partial charge < -0.3 is 28.4 Å². The Bertz CT molecular complexity index is 896. The minimum Gasteiger partial charge on any atom is -0.463 e. The number of esters is 4. The second-order valence-corrected chi connectivity index (χ2v) is 7.12. The van der Waals surface area contributed by atoms with Crippen LogP contribution in [0.2, 0.25) is 0 Å². The van der Waals surface area contributed by atoms with E-state index in [0.29, 0.717) is 5.56 Å². The first-order valence-corrected chi connectivity index (χ1v) is 10.0. The van der Waals surface area contributed by atoms with Crippen LogP contribution in [0.15, 0.2) is 30.3 Å². The molecule has 1 fully saturated rings. The van der Waals surface area contributed by atoms with Crippen molar-refractivity contribution in [2.45, 2.75) is 64.5 Å². The Morgan fingerprint density at radius 3 is 1.94 bits per heavy atom. The van der Waals surface area contributed by atoms with E-state index in [0.717, 1.165) is 20.8 Å². The molecule has 1 heterocycles. The van der Waals surface area contributed by atoms with Crippen LogP contribution < -0.4 is 0 Å². The summed E-state index contributed by atoms with van der Waals surface area (Å²) in [7, 11) is 0. The van der Waals surface area contributed by atoms with Gasteiger partial charge in [-0.05, 0) is 5.56 Å². The lowest BCUT2D eigenvalue weighted by Crippen LogP contribution is -2.63. The quantitative estimate of drug-likeness (QED) is 0.406. The molecule has 0 amide bonds. The standard InChI is InChI=1S/C22H25NO10/c1-12(24)28-11-18-19(29-13(2)25)20(30-14(3)26)21(31-15(4)27)22(33-18)32-17(10-23)16-8-6-5-7-9-16/h5-9,17-22H,11H2,1-4H3/t17-,18?,19-,20?,21?,22-/m1/s1. The molecule has 0 radical (unpaired) electrons. The van der Waals surface area contributed by atoms with E-state index in [9.17, 15) is 24.4 Å². The Morgan fingerprint density at radius 2 is 1.42 bits per heavy atom. The highest BCUT2D eigenvalue weighted by Crippen LogP contribution is 2.32. The number of benzene rings is 1. The fourth-order valence-electron chi connectivity index (χ4n) is 3.24. The van der Waals surface area contributed by atoms with Gasteiger partial charge in [-0.3, -0.25) is 19.2 Å². The summed E-state index contributed by atoms with van der Waals surface area (Å²) in [5, 5.41) is 9.64. The molecule has 33 heavy (non-hydrogen) atoms. The maximum absolute atomic E-state index is 11.8.